The molecule has 0 amide bonds. The zero-order chi connectivity index (χ0) is 13.6. The first-order chi connectivity index (χ1) is 7.63. The largest absolute Gasteiger partial charge is 0.478 e. The quantitative estimate of drug-likeness (QED) is 0.665. The monoisotopic (exact) mass is 262 g/mol. The minimum absolute atomic E-state index is 0.190. The maximum absolute atomic E-state index is 10.5. The molecule has 7 nitrogen and oxygen atoms in total. The Morgan fingerprint density at radius 3 is 1.41 bits per heavy atom. The van der Waals surface area contributed by atoms with Crippen LogP contribution in [0.2, 0.25) is 0 Å². The number of benzene rings is 1. The molecule has 17 heavy (non-hydrogen) atoms. The number of carbonyl (C=O) groups is 2. The van der Waals surface area contributed by atoms with Crippen molar-refractivity contribution in [2.75, 3.05) is 6.26 Å². The van der Waals surface area contributed by atoms with Crippen LogP contribution in [0.15, 0.2) is 24.3 Å². The van der Waals surface area contributed by atoms with Gasteiger partial charge in [0.2, 0.25) is 0 Å². The predicted molar refractivity (Wildman–Crippen MR) is 57.8 cm³/mol. The molecule has 0 atom stereocenters. The van der Waals surface area contributed by atoms with Crippen LogP contribution in [0.1, 0.15) is 20.7 Å². The number of hydrogen-bond donors (Lipinski definition) is 3. The summed E-state index contributed by atoms with van der Waals surface area (Å²) in [6.45, 7) is 0. The van der Waals surface area contributed by atoms with Gasteiger partial charge in [-0.3, -0.25) is 4.55 Å². The highest BCUT2D eigenvalue weighted by atomic mass is 32.2. The molecule has 0 saturated carbocycles. The van der Waals surface area contributed by atoms with Crippen LogP contribution in [0.5, 0.6) is 0 Å². The van der Waals surface area contributed by atoms with Crippen LogP contribution in [0.3, 0.4) is 0 Å². The second-order valence-electron chi connectivity index (χ2n) is 2.89. The Labute approximate surface area is 97.1 Å². The Bertz CT molecular complexity index is 477. The molecule has 0 bridgehead atoms. The highest BCUT2D eigenvalue weighted by Gasteiger charge is 2.13. The molecule has 3 N–H and O–H groups in total. The second kappa shape index (κ2) is 5.97. The average Bonchev–Trinajstić information content (AvgIpc) is 2.15. The summed E-state index contributed by atoms with van der Waals surface area (Å²) in [4.78, 5) is 20.9. The maximum Gasteiger partial charge on any atom is 0.336 e. The molecule has 0 aliphatic carbocycles. The van der Waals surface area contributed by atoms with Gasteiger partial charge in [-0.1, -0.05) is 12.1 Å². The van der Waals surface area contributed by atoms with Crippen LogP contribution in [0.4, 0.5) is 0 Å². The van der Waals surface area contributed by atoms with E-state index >= 15 is 0 Å². The molecule has 1 aromatic carbocycles. The van der Waals surface area contributed by atoms with Gasteiger partial charge in [-0.05, 0) is 12.1 Å². The van der Waals surface area contributed by atoms with Gasteiger partial charge in [0.25, 0.3) is 10.1 Å². The molecular weight excluding hydrogens is 252 g/mol. The number of hydrogen-bond acceptors (Lipinski definition) is 4. The smallest absolute Gasteiger partial charge is 0.336 e. The molecular formula is C9H10O7S. The van der Waals surface area contributed by atoms with Gasteiger partial charge in [-0.25, -0.2) is 9.59 Å². The van der Waals surface area contributed by atoms with Gasteiger partial charge < -0.3 is 10.2 Å². The van der Waals surface area contributed by atoms with Crippen molar-refractivity contribution < 1.29 is 32.8 Å². The van der Waals surface area contributed by atoms with E-state index in [1.807, 2.05) is 0 Å². The molecule has 0 fully saturated rings. The summed E-state index contributed by atoms with van der Waals surface area (Å²) >= 11 is 0. The van der Waals surface area contributed by atoms with Crippen LogP contribution in [-0.4, -0.2) is 41.4 Å². The molecule has 0 spiro atoms. The Balaban J connectivity index is 0.000000437. The van der Waals surface area contributed by atoms with E-state index in [-0.39, 0.29) is 11.1 Å². The maximum atomic E-state index is 10.5. The van der Waals surface area contributed by atoms with Crippen molar-refractivity contribution in [1.82, 2.24) is 0 Å². The molecule has 0 heterocycles. The van der Waals surface area contributed by atoms with Crippen LogP contribution < -0.4 is 0 Å². The van der Waals surface area contributed by atoms with E-state index in [9.17, 15) is 18.0 Å². The Kier molecular flexibility index (Phi) is 5.29. The molecule has 0 saturated heterocycles. The number of aromatic carboxylic acids is 2. The lowest BCUT2D eigenvalue weighted by molar-refractivity contribution is 0.0651. The minimum Gasteiger partial charge on any atom is -0.478 e. The number of carboxylic acid groups (broad SMARTS) is 2. The Hall–Kier alpha value is -1.93. The van der Waals surface area contributed by atoms with E-state index in [1.54, 1.807) is 0 Å². The third-order valence-corrected chi connectivity index (χ3v) is 1.39. The fraction of sp³-hybridized carbons (Fsp3) is 0.111. The molecule has 94 valence electrons. The van der Waals surface area contributed by atoms with Gasteiger partial charge >= 0.3 is 11.9 Å². The van der Waals surface area contributed by atoms with Crippen LogP contribution in [0.25, 0.3) is 0 Å². The minimum atomic E-state index is -3.67. The van der Waals surface area contributed by atoms with Gasteiger partial charge in [-0.15, -0.1) is 0 Å². The fourth-order valence-corrected chi connectivity index (χ4v) is 0.856. The van der Waals surface area contributed by atoms with Crippen LogP contribution >= 0.6 is 0 Å². The summed E-state index contributed by atoms with van der Waals surface area (Å²) in [5, 5.41) is 17.1. The van der Waals surface area contributed by atoms with E-state index in [2.05, 4.69) is 0 Å². The van der Waals surface area contributed by atoms with Gasteiger partial charge in [-0.2, -0.15) is 8.42 Å². The second-order valence-corrected chi connectivity index (χ2v) is 4.35. The molecule has 1 aromatic rings. The normalized spacial score (nSPS) is 10.0. The lowest BCUT2D eigenvalue weighted by Crippen LogP contribution is -2.06. The summed E-state index contributed by atoms with van der Waals surface area (Å²) in [5.41, 5.74) is -0.380. The van der Waals surface area contributed by atoms with Crippen molar-refractivity contribution in [3.8, 4) is 0 Å². The van der Waals surface area contributed by atoms with Gasteiger partial charge in [0, 0.05) is 0 Å². The van der Waals surface area contributed by atoms with E-state index in [0.717, 1.165) is 0 Å². The Morgan fingerprint density at radius 1 is 1.00 bits per heavy atom. The summed E-state index contributed by atoms with van der Waals surface area (Å²) in [7, 11) is -3.67. The van der Waals surface area contributed by atoms with Crippen LogP contribution in [0, 0.1) is 0 Å². The van der Waals surface area contributed by atoms with Crippen LogP contribution in [-0.2, 0) is 10.1 Å². The van der Waals surface area contributed by atoms with Gasteiger partial charge in [0.15, 0.2) is 0 Å². The van der Waals surface area contributed by atoms with Gasteiger partial charge in [0.1, 0.15) is 0 Å². The summed E-state index contributed by atoms with van der Waals surface area (Å²) in [6, 6.07) is 5.48. The molecule has 0 unspecified atom stereocenters. The molecule has 8 heteroatoms. The summed E-state index contributed by atoms with van der Waals surface area (Å²) < 4.78 is 25.9. The van der Waals surface area contributed by atoms with Crippen molar-refractivity contribution in [3.63, 3.8) is 0 Å². The first-order valence-electron chi connectivity index (χ1n) is 4.11. The van der Waals surface area contributed by atoms with Crippen molar-refractivity contribution in [2.24, 2.45) is 0 Å². The Morgan fingerprint density at radius 2 is 1.24 bits per heavy atom. The molecule has 0 aromatic heterocycles. The van der Waals surface area contributed by atoms with Crippen molar-refractivity contribution in [2.45, 2.75) is 0 Å². The first kappa shape index (κ1) is 15.1. The zero-order valence-corrected chi connectivity index (χ0v) is 9.51. The third-order valence-electron chi connectivity index (χ3n) is 1.39. The fourth-order valence-electron chi connectivity index (χ4n) is 0.856. The lowest BCUT2D eigenvalue weighted by Gasteiger charge is -1.98. The topological polar surface area (TPSA) is 129 Å². The molecule has 1 rings (SSSR count). The van der Waals surface area contributed by atoms with E-state index < -0.39 is 22.1 Å². The molecule has 0 radical (unpaired) electrons. The van der Waals surface area contributed by atoms with Crippen molar-refractivity contribution in [3.05, 3.63) is 35.4 Å². The highest BCUT2D eigenvalue weighted by molar-refractivity contribution is 7.85. The summed E-state index contributed by atoms with van der Waals surface area (Å²) in [6.07, 6.45) is 0.715. The van der Waals surface area contributed by atoms with Crippen molar-refractivity contribution in [1.29, 1.82) is 0 Å². The predicted octanol–water partition coefficient (Wildman–Crippen LogP) is 0.587. The zero-order valence-electron chi connectivity index (χ0n) is 8.69. The standard InChI is InChI=1S/C8H6O4.CH4O3S/c9-7(10)5-3-1-2-4-6(5)8(11)12;1-5(2,3)4/h1-4H,(H,9,10)(H,11,12);1H3,(H,2,3,4). The molecule has 0 aliphatic rings. The van der Waals surface area contributed by atoms with Crippen molar-refractivity contribution >= 4 is 22.1 Å². The third kappa shape index (κ3) is 7.03. The SMILES string of the molecule is CS(=O)(=O)O.O=C(O)c1ccccc1C(=O)O. The highest BCUT2D eigenvalue weighted by Crippen LogP contribution is 2.07. The number of carboxylic acids is 2. The summed E-state index contributed by atoms with van der Waals surface area (Å²) in [5.74, 6) is -2.46. The first-order valence-corrected chi connectivity index (χ1v) is 5.96. The lowest BCUT2D eigenvalue weighted by atomic mass is 10.1. The van der Waals surface area contributed by atoms with Gasteiger partial charge in [0.05, 0.1) is 17.4 Å². The molecule has 0 aliphatic heterocycles. The number of rotatable bonds is 2. The van der Waals surface area contributed by atoms with E-state index in [4.69, 9.17) is 14.8 Å². The van der Waals surface area contributed by atoms with E-state index in [1.165, 1.54) is 24.3 Å². The van der Waals surface area contributed by atoms with E-state index in [0.29, 0.717) is 6.26 Å². The average molecular weight is 262 g/mol.